The molecule has 2 aromatic carbocycles. The molecule has 2 atom stereocenters. The molecule has 2 aromatic rings. The van der Waals surface area contributed by atoms with Crippen LogP contribution in [0.15, 0.2) is 53.0 Å². The Labute approximate surface area is 172 Å². The van der Waals surface area contributed by atoms with Gasteiger partial charge >= 0.3 is 5.97 Å². The number of esters is 1. The molecule has 9 heteroatoms. The highest BCUT2D eigenvalue weighted by Gasteiger charge is 2.24. The Morgan fingerprint density at radius 1 is 0.964 bits per heavy atom. The zero-order valence-electron chi connectivity index (χ0n) is 15.5. The van der Waals surface area contributed by atoms with Gasteiger partial charge in [-0.25, -0.2) is 13.2 Å². The largest absolute Gasteiger partial charge is 0.479 e. The monoisotopic (exact) mass is 469 g/mol. The molecule has 0 aliphatic heterocycles. The smallest absolute Gasteiger partial charge is 0.347 e. The predicted octanol–water partition coefficient (Wildman–Crippen LogP) is 3.40. The van der Waals surface area contributed by atoms with Crippen LogP contribution in [0.3, 0.4) is 0 Å². The Kier molecular flexibility index (Phi) is 7.20. The summed E-state index contributed by atoms with van der Waals surface area (Å²) in [5.41, 5.74) is 0.626. The van der Waals surface area contributed by atoms with E-state index in [0.717, 1.165) is 10.7 Å². The zero-order chi connectivity index (χ0) is 20.9. The van der Waals surface area contributed by atoms with Crippen LogP contribution in [0, 0.1) is 0 Å². The lowest BCUT2D eigenvalue weighted by Gasteiger charge is -2.17. The molecule has 0 aromatic heterocycles. The van der Waals surface area contributed by atoms with Gasteiger partial charge in [-0.15, -0.1) is 0 Å². The van der Waals surface area contributed by atoms with E-state index in [1.165, 1.54) is 38.1 Å². The van der Waals surface area contributed by atoms with Gasteiger partial charge in [0.15, 0.2) is 12.2 Å². The van der Waals surface area contributed by atoms with E-state index in [0.29, 0.717) is 17.0 Å². The van der Waals surface area contributed by atoms with E-state index in [1.807, 2.05) is 0 Å². The molecule has 0 radical (unpaired) electrons. The van der Waals surface area contributed by atoms with E-state index in [2.05, 4.69) is 20.7 Å². The summed E-state index contributed by atoms with van der Waals surface area (Å²) in [5.74, 6) is -0.574. The number of carbonyl (C=O) groups excluding carboxylic acids is 2. The molecule has 28 heavy (non-hydrogen) atoms. The second kappa shape index (κ2) is 9.20. The van der Waals surface area contributed by atoms with Crippen LogP contribution in [-0.2, 0) is 19.6 Å². The van der Waals surface area contributed by atoms with Crippen molar-refractivity contribution in [1.82, 2.24) is 0 Å². The summed E-state index contributed by atoms with van der Waals surface area (Å²) in [7, 11) is -3.40. The number of rotatable bonds is 8. The van der Waals surface area contributed by atoms with Crippen molar-refractivity contribution in [3.05, 3.63) is 58.6 Å². The fourth-order valence-electron chi connectivity index (χ4n) is 2.24. The summed E-state index contributed by atoms with van der Waals surface area (Å²) >= 11 is 3.31. The molecule has 0 saturated heterocycles. The quantitative estimate of drug-likeness (QED) is 0.469. The van der Waals surface area contributed by atoms with Gasteiger partial charge in [-0.2, -0.15) is 0 Å². The average molecular weight is 470 g/mol. The van der Waals surface area contributed by atoms with E-state index >= 15 is 0 Å². The molecule has 2 rings (SSSR count). The Bertz CT molecular complexity index is 941. The average Bonchev–Trinajstić information content (AvgIpc) is 2.62. The minimum atomic E-state index is -3.40. The van der Waals surface area contributed by atoms with Gasteiger partial charge in [0.25, 0.3) is 0 Å². The summed E-state index contributed by atoms with van der Waals surface area (Å²) in [4.78, 5) is 24.6. The molecular weight excluding hydrogens is 450 g/mol. The number of ether oxygens (including phenoxy) is 2. The summed E-state index contributed by atoms with van der Waals surface area (Å²) in [6, 6.07) is 12.8. The number of sulfonamides is 1. The van der Waals surface area contributed by atoms with Crippen molar-refractivity contribution in [1.29, 1.82) is 0 Å². The second-order valence-corrected chi connectivity index (χ2v) is 8.77. The lowest BCUT2D eigenvalue weighted by Crippen LogP contribution is -2.32. The van der Waals surface area contributed by atoms with Crippen molar-refractivity contribution >= 4 is 43.4 Å². The maximum absolute atomic E-state index is 12.4. The van der Waals surface area contributed by atoms with E-state index in [9.17, 15) is 18.0 Å². The molecule has 1 N–H and O–H groups in total. The van der Waals surface area contributed by atoms with Crippen LogP contribution in [0.1, 0.15) is 24.2 Å². The SMILES string of the molecule is CC(Oc1ccc(Br)cc1)C(=O)OC(C)C(=O)c1ccc(NS(C)(=O)=O)cc1. The standard InChI is InChI=1S/C19H20BrNO6S/c1-12(18(22)14-4-8-16(9-5-14)21-28(3,24)25)27-19(23)13(2)26-17-10-6-15(20)7-11-17/h4-13,21H,1-3H3. The lowest BCUT2D eigenvalue weighted by atomic mass is 10.1. The van der Waals surface area contributed by atoms with E-state index in [1.54, 1.807) is 24.3 Å². The first-order chi connectivity index (χ1) is 13.0. The topological polar surface area (TPSA) is 98.8 Å². The Balaban J connectivity index is 1.95. The zero-order valence-corrected chi connectivity index (χ0v) is 17.9. The molecule has 2 unspecified atom stereocenters. The van der Waals surface area contributed by atoms with Gasteiger partial charge in [-0.1, -0.05) is 15.9 Å². The van der Waals surface area contributed by atoms with E-state index < -0.39 is 34.0 Å². The van der Waals surface area contributed by atoms with Crippen molar-refractivity contribution < 1.29 is 27.5 Å². The number of ketones is 1. The van der Waals surface area contributed by atoms with Crippen LogP contribution in [0.5, 0.6) is 5.75 Å². The Hall–Kier alpha value is -2.39. The third-order valence-corrected chi connectivity index (χ3v) is 4.73. The van der Waals surface area contributed by atoms with Crippen LogP contribution in [0.4, 0.5) is 5.69 Å². The van der Waals surface area contributed by atoms with Crippen molar-refractivity contribution in [3.63, 3.8) is 0 Å². The number of halogens is 1. The predicted molar refractivity (Wildman–Crippen MR) is 109 cm³/mol. The molecule has 0 aliphatic carbocycles. The van der Waals surface area contributed by atoms with E-state index in [4.69, 9.17) is 9.47 Å². The van der Waals surface area contributed by atoms with Gasteiger partial charge < -0.3 is 9.47 Å². The summed E-state index contributed by atoms with van der Waals surface area (Å²) in [5, 5.41) is 0. The molecule has 0 saturated carbocycles. The van der Waals surface area contributed by atoms with Gasteiger partial charge in [0, 0.05) is 15.7 Å². The normalized spacial score (nSPS) is 13.3. The van der Waals surface area contributed by atoms with Crippen molar-refractivity contribution in [2.75, 3.05) is 11.0 Å². The van der Waals surface area contributed by atoms with Crippen LogP contribution in [0.2, 0.25) is 0 Å². The molecular formula is C19H20BrNO6S. The first-order valence-corrected chi connectivity index (χ1v) is 11.0. The number of benzene rings is 2. The highest BCUT2D eigenvalue weighted by atomic mass is 79.9. The minimum absolute atomic E-state index is 0.292. The molecule has 0 bridgehead atoms. The molecule has 7 nitrogen and oxygen atoms in total. The second-order valence-electron chi connectivity index (χ2n) is 6.11. The number of Topliss-reactive ketones (excluding diaryl/α,β-unsaturated/α-hetero) is 1. The lowest BCUT2D eigenvalue weighted by molar-refractivity contribution is -0.153. The number of nitrogens with one attached hydrogen (secondary N) is 1. The van der Waals surface area contributed by atoms with Crippen LogP contribution < -0.4 is 9.46 Å². The summed E-state index contributed by atoms with van der Waals surface area (Å²) in [6.07, 6.45) is -0.875. The molecule has 150 valence electrons. The van der Waals surface area contributed by atoms with E-state index in [-0.39, 0.29) is 0 Å². The first-order valence-electron chi connectivity index (χ1n) is 8.30. The van der Waals surface area contributed by atoms with Gasteiger partial charge in [-0.05, 0) is 62.4 Å². The number of carbonyl (C=O) groups is 2. The van der Waals surface area contributed by atoms with Crippen molar-refractivity contribution in [2.45, 2.75) is 26.1 Å². The minimum Gasteiger partial charge on any atom is -0.479 e. The van der Waals surface area contributed by atoms with Gasteiger partial charge in [0.05, 0.1) is 6.26 Å². The molecule has 0 fully saturated rings. The molecule has 0 spiro atoms. The molecule has 0 amide bonds. The first kappa shape index (κ1) is 21.9. The van der Waals surface area contributed by atoms with Gasteiger partial charge in [-0.3, -0.25) is 9.52 Å². The number of anilines is 1. The van der Waals surface area contributed by atoms with Gasteiger partial charge in [0.2, 0.25) is 15.8 Å². The third kappa shape index (κ3) is 6.65. The summed E-state index contributed by atoms with van der Waals surface area (Å²) < 4.78 is 36.3. The fraction of sp³-hybridized carbons (Fsp3) is 0.263. The van der Waals surface area contributed by atoms with Crippen LogP contribution in [0.25, 0.3) is 0 Å². The molecule has 0 aliphatic rings. The highest BCUT2D eigenvalue weighted by molar-refractivity contribution is 9.10. The maximum Gasteiger partial charge on any atom is 0.347 e. The highest BCUT2D eigenvalue weighted by Crippen LogP contribution is 2.18. The summed E-state index contributed by atoms with van der Waals surface area (Å²) in [6.45, 7) is 3.00. The van der Waals surface area contributed by atoms with Crippen LogP contribution >= 0.6 is 15.9 Å². The van der Waals surface area contributed by atoms with Crippen LogP contribution in [-0.4, -0.2) is 38.6 Å². The van der Waals surface area contributed by atoms with Crippen molar-refractivity contribution in [3.8, 4) is 5.75 Å². The fourth-order valence-corrected chi connectivity index (χ4v) is 3.07. The maximum atomic E-state index is 12.4. The Morgan fingerprint density at radius 3 is 2.07 bits per heavy atom. The third-order valence-electron chi connectivity index (χ3n) is 3.59. The molecule has 0 heterocycles. The van der Waals surface area contributed by atoms with Gasteiger partial charge in [0.1, 0.15) is 5.75 Å². The van der Waals surface area contributed by atoms with Crippen molar-refractivity contribution in [2.24, 2.45) is 0 Å². The Morgan fingerprint density at radius 2 is 1.54 bits per heavy atom. The number of hydrogen-bond donors (Lipinski definition) is 1. The number of hydrogen-bond acceptors (Lipinski definition) is 6.